The van der Waals surface area contributed by atoms with Gasteiger partial charge in [0, 0.05) is 53.7 Å². The van der Waals surface area contributed by atoms with Gasteiger partial charge in [-0.15, -0.1) is 0 Å². The van der Waals surface area contributed by atoms with Crippen LogP contribution in [0.4, 0.5) is 23.9 Å². The fourth-order valence-electron chi connectivity index (χ4n) is 5.00. The molecule has 0 aliphatic carbocycles. The monoisotopic (exact) mass is 551 g/mol. The average molecular weight is 552 g/mol. The van der Waals surface area contributed by atoms with Crippen molar-refractivity contribution < 1.29 is 22.7 Å². The van der Waals surface area contributed by atoms with Gasteiger partial charge < -0.3 is 19.5 Å². The number of halogens is 3. The van der Waals surface area contributed by atoms with Crippen LogP contribution in [0, 0.1) is 0 Å². The fraction of sp³-hybridized carbons (Fsp3) is 0.367. The van der Waals surface area contributed by atoms with Crippen LogP contribution < -0.4 is 5.32 Å². The molecule has 5 rings (SSSR count). The predicted octanol–water partition coefficient (Wildman–Crippen LogP) is 7.00. The second-order valence-corrected chi connectivity index (χ2v) is 11.0. The highest BCUT2D eigenvalue weighted by molar-refractivity contribution is 5.97. The number of alkyl halides is 3. The number of piperidine rings is 1. The Morgan fingerprint density at radius 2 is 1.80 bits per heavy atom. The molecular formula is C30H32F3N5O2. The number of carbonyl (C=O) groups excluding carboxylic acids is 1. The molecule has 1 atom stereocenters. The highest BCUT2D eigenvalue weighted by Crippen LogP contribution is 2.36. The van der Waals surface area contributed by atoms with Crippen molar-refractivity contribution in [1.29, 1.82) is 0 Å². The van der Waals surface area contributed by atoms with E-state index < -0.39 is 24.3 Å². The number of hydrogen-bond acceptors (Lipinski definition) is 5. The Kier molecular flexibility index (Phi) is 7.44. The summed E-state index contributed by atoms with van der Waals surface area (Å²) in [7, 11) is 0. The van der Waals surface area contributed by atoms with Crippen LogP contribution in [0.3, 0.4) is 0 Å². The molecule has 1 N–H and O–H groups in total. The zero-order valence-electron chi connectivity index (χ0n) is 22.7. The van der Waals surface area contributed by atoms with Crippen molar-refractivity contribution in [2.75, 3.05) is 18.4 Å². The molecule has 0 saturated carbocycles. The van der Waals surface area contributed by atoms with Gasteiger partial charge in [-0.25, -0.2) is 14.8 Å². The van der Waals surface area contributed by atoms with Gasteiger partial charge in [-0.2, -0.15) is 13.2 Å². The van der Waals surface area contributed by atoms with E-state index in [-0.39, 0.29) is 23.2 Å². The topological polar surface area (TPSA) is 72.3 Å². The number of ether oxygens (including phenoxy) is 1. The van der Waals surface area contributed by atoms with Gasteiger partial charge in [-0.1, -0.05) is 36.4 Å². The molecular weight excluding hydrogens is 519 g/mol. The van der Waals surface area contributed by atoms with Crippen molar-refractivity contribution in [1.82, 2.24) is 19.4 Å². The molecule has 2 aromatic carbocycles. The third-order valence-electron chi connectivity index (χ3n) is 6.66. The van der Waals surface area contributed by atoms with Crippen LogP contribution >= 0.6 is 0 Å². The zero-order valence-corrected chi connectivity index (χ0v) is 22.7. The van der Waals surface area contributed by atoms with E-state index in [0.29, 0.717) is 18.7 Å². The van der Waals surface area contributed by atoms with Crippen molar-refractivity contribution in [3.63, 3.8) is 0 Å². The van der Waals surface area contributed by atoms with Crippen LogP contribution in [0.15, 0.2) is 67.0 Å². The van der Waals surface area contributed by atoms with Gasteiger partial charge in [0.15, 0.2) is 0 Å². The lowest BCUT2D eigenvalue weighted by molar-refractivity contribution is -0.127. The van der Waals surface area contributed by atoms with Crippen LogP contribution in [-0.2, 0) is 11.2 Å². The van der Waals surface area contributed by atoms with Crippen LogP contribution in [0.25, 0.3) is 27.8 Å². The van der Waals surface area contributed by atoms with Crippen LogP contribution in [-0.4, -0.2) is 56.4 Å². The number of benzene rings is 2. The number of nitrogens with one attached hydrogen (secondary N) is 1. The zero-order chi connectivity index (χ0) is 28.5. The van der Waals surface area contributed by atoms with Gasteiger partial charge in [0.05, 0.1) is 17.6 Å². The smallest absolute Gasteiger partial charge is 0.410 e. The molecule has 10 heteroatoms. The highest BCUT2D eigenvalue weighted by atomic mass is 19.4. The number of anilines is 1. The number of rotatable bonds is 5. The van der Waals surface area contributed by atoms with Crippen molar-refractivity contribution in [3.8, 4) is 16.9 Å². The second-order valence-electron chi connectivity index (χ2n) is 11.0. The number of carbonyl (C=O) groups is 1. The maximum absolute atomic E-state index is 13.6. The summed E-state index contributed by atoms with van der Waals surface area (Å²) < 4.78 is 48.3. The minimum absolute atomic E-state index is 0.00644. The summed E-state index contributed by atoms with van der Waals surface area (Å²) in [5, 5.41) is 4.04. The molecule has 1 aliphatic heterocycles. The molecule has 1 fully saturated rings. The SMILES string of the molecule is CC(C)(C)OC(=O)N1CCC[C@H](Nc2ncc(CC(F)(F)F)c(-c3cn(-c4ccccc4)c4ccccc34)n2)C1. The minimum atomic E-state index is -4.43. The van der Waals surface area contributed by atoms with Gasteiger partial charge in [0.25, 0.3) is 0 Å². The van der Waals surface area contributed by atoms with E-state index >= 15 is 0 Å². The third kappa shape index (κ3) is 6.38. The van der Waals surface area contributed by atoms with E-state index in [4.69, 9.17) is 4.74 Å². The molecule has 0 bridgehead atoms. The van der Waals surface area contributed by atoms with Gasteiger partial charge in [0.1, 0.15) is 5.60 Å². The normalized spacial score (nSPS) is 16.2. The summed E-state index contributed by atoms with van der Waals surface area (Å²) in [6, 6.07) is 17.0. The summed E-state index contributed by atoms with van der Waals surface area (Å²) in [5.74, 6) is 0.216. The van der Waals surface area contributed by atoms with E-state index in [1.165, 1.54) is 6.20 Å². The number of para-hydroxylation sites is 2. The second kappa shape index (κ2) is 10.8. The number of hydrogen-bond donors (Lipinski definition) is 1. The first-order valence-corrected chi connectivity index (χ1v) is 13.3. The molecule has 0 unspecified atom stereocenters. The number of fused-ring (bicyclic) bond motifs is 1. The van der Waals surface area contributed by atoms with E-state index in [9.17, 15) is 18.0 Å². The fourth-order valence-corrected chi connectivity index (χ4v) is 5.00. The third-order valence-corrected chi connectivity index (χ3v) is 6.66. The number of nitrogens with zero attached hydrogens (tertiary/aromatic N) is 4. The Morgan fingerprint density at radius 1 is 1.07 bits per heavy atom. The van der Waals surface area contributed by atoms with Gasteiger partial charge in [-0.3, -0.25) is 0 Å². The van der Waals surface area contributed by atoms with Crippen molar-refractivity contribution in [3.05, 3.63) is 72.6 Å². The summed E-state index contributed by atoms with van der Waals surface area (Å²) >= 11 is 0. The summed E-state index contributed by atoms with van der Waals surface area (Å²) in [6.07, 6.45) is -1.38. The van der Waals surface area contributed by atoms with Gasteiger partial charge in [-0.05, 0) is 51.8 Å². The molecule has 210 valence electrons. The first kappa shape index (κ1) is 27.5. The molecule has 40 heavy (non-hydrogen) atoms. The van der Waals surface area contributed by atoms with Crippen LogP contribution in [0.1, 0.15) is 39.2 Å². The summed E-state index contributed by atoms with van der Waals surface area (Å²) in [4.78, 5) is 23.1. The molecule has 4 aromatic rings. The molecule has 3 heterocycles. The lowest BCUT2D eigenvalue weighted by Crippen LogP contribution is -2.47. The lowest BCUT2D eigenvalue weighted by Gasteiger charge is -2.34. The molecule has 1 aliphatic rings. The molecule has 2 aromatic heterocycles. The molecule has 1 saturated heterocycles. The van der Waals surface area contributed by atoms with Crippen molar-refractivity contribution >= 4 is 22.9 Å². The summed E-state index contributed by atoms with van der Waals surface area (Å²) in [6.45, 7) is 6.40. The molecule has 7 nitrogen and oxygen atoms in total. The van der Waals surface area contributed by atoms with Gasteiger partial charge >= 0.3 is 12.3 Å². The Balaban J connectivity index is 1.50. The largest absolute Gasteiger partial charge is 0.444 e. The predicted molar refractivity (Wildman–Crippen MR) is 149 cm³/mol. The number of amides is 1. The van der Waals surface area contributed by atoms with Crippen molar-refractivity contribution in [2.45, 2.75) is 57.9 Å². The first-order chi connectivity index (χ1) is 19.0. The van der Waals surface area contributed by atoms with Crippen LogP contribution in [0.5, 0.6) is 0 Å². The number of aromatic nitrogens is 3. The first-order valence-electron chi connectivity index (χ1n) is 13.3. The highest BCUT2D eigenvalue weighted by Gasteiger charge is 2.32. The standard InChI is InChI=1S/C30H32F3N5O2/c1-29(2,3)40-28(39)37-15-9-10-21(18-37)35-27-34-17-20(16-30(31,32)33)26(36-27)24-19-38(22-11-5-4-6-12-22)25-14-8-7-13-23(24)25/h4-8,11-14,17,19,21H,9-10,15-16,18H2,1-3H3,(H,34,35,36)/t21-/m0/s1. The molecule has 1 amide bonds. The van der Waals surface area contributed by atoms with E-state index in [1.807, 2.05) is 86.1 Å². The van der Waals surface area contributed by atoms with Crippen molar-refractivity contribution in [2.24, 2.45) is 0 Å². The Bertz CT molecular complexity index is 1490. The Morgan fingerprint density at radius 3 is 2.52 bits per heavy atom. The lowest BCUT2D eigenvalue weighted by atomic mass is 10.0. The summed E-state index contributed by atoms with van der Waals surface area (Å²) in [5.41, 5.74) is 1.94. The van der Waals surface area contributed by atoms with Crippen LogP contribution in [0.2, 0.25) is 0 Å². The quantitative estimate of drug-likeness (QED) is 0.289. The van der Waals surface area contributed by atoms with Gasteiger partial charge in [0.2, 0.25) is 5.95 Å². The van der Waals surface area contributed by atoms with E-state index in [1.54, 1.807) is 4.90 Å². The number of likely N-dealkylation sites (tertiary alicyclic amines) is 1. The molecule has 0 spiro atoms. The van der Waals surface area contributed by atoms with E-state index in [2.05, 4.69) is 15.3 Å². The average Bonchev–Trinajstić information content (AvgIpc) is 3.28. The Labute approximate surface area is 231 Å². The Hall–Kier alpha value is -4.08. The minimum Gasteiger partial charge on any atom is -0.444 e. The van der Waals surface area contributed by atoms with E-state index in [0.717, 1.165) is 29.4 Å². The maximum atomic E-state index is 13.6. The maximum Gasteiger partial charge on any atom is 0.410 e. The molecule has 0 radical (unpaired) electrons.